The van der Waals surface area contributed by atoms with Crippen LogP contribution >= 0.6 is 0 Å². The molecular weight excluding hydrogens is 364 g/mol. The molecule has 146 valence electrons. The van der Waals surface area contributed by atoms with Crippen LogP contribution in [0.25, 0.3) is 0 Å². The Morgan fingerprint density at radius 3 is 2.37 bits per heavy atom. The number of methoxy groups -OCH3 is 1. The second-order valence-corrected chi connectivity index (χ2v) is 8.40. The number of carbonyl (C=O) groups excluding carboxylic acids is 1. The molecule has 2 aromatic carbocycles. The van der Waals surface area contributed by atoms with Gasteiger partial charge in [-0.15, -0.1) is 0 Å². The van der Waals surface area contributed by atoms with Gasteiger partial charge in [0, 0.05) is 17.8 Å². The molecule has 2 N–H and O–H groups in total. The van der Waals surface area contributed by atoms with Crippen molar-refractivity contribution in [1.82, 2.24) is 5.32 Å². The van der Waals surface area contributed by atoms with Gasteiger partial charge in [0.1, 0.15) is 5.75 Å². The highest BCUT2D eigenvalue weighted by Gasteiger charge is 2.19. The number of aryl methyl sites for hydroxylation is 1. The van der Waals surface area contributed by atoms with Gasteiger partial charge in [0.05, 0.1) is 12.0 Å². The lowest BCUT2D eigenvalue weighted by atomic mass is 10.1. The average molecular weight is 391 g/mol. The highest BCUT2D eigenvalue weighted by molar-refractivity contribution is 7.92. The first kappa shape index (κ1) is 20.8. The highest BCUT2D eigenvalue weighted by Crippen LogP contribution is 2.22. The molecule has 0 spiro atoms. The number of amides is 1. The van der Waals surface area contributed by atoms with Crippen molar-refractivity contribution in [3.8, 4) is 5.75 Å². The largest absolute Gasteiger partial charge is 0.497 e. The maximum absolute atomic E-state index is 12.8. The van der Waals surface area contributed by atoms with Crippen LogP contribution in [0.4, 0.5) is 5.69 Å². The smallest absolute Gasteiger partial charge is 0.262 e. The third-order valence-corrected chi connectivity index (χ3v) is 5.61. The zero-order chi connectivity index (χ0) is 20.0. The number of hydrogen-bond donors (Lipinski definition) is 2. The van der Waals surface area contributed by atoms with Crippen LogP contribution in [0.5, 0.6) is 5.75 Å². The van der Waals surface area contributed by atoms with E-state index in [1.807, 2.05) is 0 Å². The number of sulfonamides is 1. The van der Waals surface area contributed by atoms with E-state index in [0.29, 0.717) is 35.0 Å². The summed E-state index contributed by atoms with van der Waals surface area (Å²) in [6.45, 7) is 6.40. The topological polar surface area (TPSA) is 84.5 Å². The summed E-state index contributed by atoms with van der Waals surface area (Å²) in [6, 6.07) is 11.3. The molecule has 1 amide bonds. The lowest BCUT2D eigenvalue weighted by molar-refractivity contribution is 0.0952. The van der Waals surface area contributed by atoms with Crippen molar-refractivity contribution in [3.63, 3.8) is 0 Å². The van der Waals surface area contributed by atoms with Gasteiger partial charge >= 0.3 is 0 Å². The van der Waals surface area contributed by atoms with Crippen molar-refractivity contribution in [2.45, 2.75) is 32.1 Å². The molecule has 7 heteroatoms. The van der Waals surface area contributed by atoms with Crippen LogP contribution in [0.2, 0.25) is 0 Å². The molecular formula is C20H26N2O4S. The van der Waals surface area contributed by atoms with Crippen molar-refractivity contribution < 1.29 is 17.9 Å². The first-order chi connectivity index (χ1) is 12.7. The van der Waals surface area contributed by atoms with Gasteiger partial charge in [0.25, 0.3) is 15.9 Å². The van der Waals surface area contributed by atoms with Crippen LogP contribution in [-0.2, 0) is 10.0 Å². The van der Waals surface area contributed by atoms with Crippen LogP contribution in [0.15, 0.2) is 47.4 Å². The van der Waals surface area contributed by atoms with Crippen LogP contribution < -0.4 is 14.8 Å². The van der Waals surface area contributed by atoms with Crippen molar-refractivity contribution in [2.24, 2.45) is 5.92 Å². The Balaban J connectivity index is 2.21. The van der Waals surface area contributed by atoms with E-state index < -0.39 is 10.0 Å². The second kappa shape index (κ2) is 8.90. The number of ether oxygens (including phenoxy) is 1. The zero-order valence-electron chi connectivity index (χ0n) is 16.1. The van der Waals surface area contributed by atoms with E-state index in [4.69, 9.17) is 4.74 Å². The molecule has 2 aromatic rings. The summed E-state index contributed by atoms with van der Waals surface area (Å²) in [6.07, 6.45) is 0.863. The monoisotopic (exact) mass is 390 g/mol. The summed E-state index contributed by atoms with van der Waals surface area (Å²) < 4.78 is 33.2. The summed E-state index contributed by atoms with van der Waals surface area (Å²) in [5.74, 6) is 0.832. The minimum atomic E-state index is -3.82. The van der Waals surface area contributed by atoms with Gasteiger partial charge in [-0.25, -0.2) is 8.42 Å². The minimum absolute atomic E-state index is 0.0785. The quantitative estimate of drug-likeness (QED) is 0.721. The number of anilines is 1. The van der Waals surface area contributed by atoms with Gasteiger partial charge in [0.15, 0.2) is 0 Å². The molecule has 0 radical (unpaired) electrons. The van der Waals surface area contributed by atoms with E-state index in [9.17, 15) is 13.2 Å². The van der Waals surface area contributed by atoms with Gasteiger partial charge < -0.3 is 10.1 Å². The molecule has 0 aliphatic heterocycles. The van der Waals surface area contributed by atoms with E-state index >= 15 is 0 Å². The first-order valence-corrected chi connectivity index (χ1v) is 10.3. The fraction of sp³-hybridized carbons (Fsp3) is 0.350. The molecule has 0 aromatic heterocycles. The van der Waals surface area contributed by atoms with Crippen LogP contribution in [0.1, 0.15) is 36.2 Å². The second-order valence-electron chi connectivity index (χ2n) is 6.75. The molecule has 0 atom stereocenters. The van der Waals surface area contributed by atoms with E-state index in [-0.39, 0.29) is 10.8 Å². The molecule has 2 rings (SSSR count). The van der Waals surface area contributed by atoms with Gasteiger partial charge in [-0.1, -0.05) is 19.9 Å². The summed E-state index contributed by atoms with van der Waals surface area (Å²) in [5.41, 5.74) is 1.30. The molecule has 0 saturated carbocycles. The number of nitrogens with one attached hydrogen (secondary N) is 2. The molecule has 0 saturated heterocycles. The fourth-order valence-electron chi connectivity index (χ4n) is 2.48. The lowest BCUT2D eigenvalue weighted by Gasteiger charge is -2.13. The van der Waals surface area contributed by atoms with E-state index in [1.165, 1.54) is 6.07 Å². The highest BCUT2D eigenvalue weighted by atomic mass is 32.2. The zero-order valence-corrected chi connectivity index (χ0v) is 16.9. The normalized spacial score (nSPS) is 11.3. The maximum Gasteiger partial charge on any atom is 0.262 e. The summed E-state index contributed by atoms with van der Waals surface area (Å²) in [5, 5.41) is 2.82. The Bertz CT molecular complexity index is 891. The van der Waals surface area contributed by atoms with Crippen LogP contribution in [-0.4, -0.2) is 28.0 Å². The van der Waals surface area contributed by atoms with E-state index in [0.717, 1.165) is 6.42 Å². The van der Waals surface area contributed by atoms with Gasteiger partial charge in [-0.05, 0) is 61.2 Å². The Kier molecular flexibility index (Phi) is 6.85. The first-order valence-electron chi connectivity index (χ1n) is 8.78. The van der Waals surface area contributed by atoms with Crippen molar-refractivity contribution in [1.29, 1.82) is 0 Å². The minimum Gasteiger partial charge on any atom is -0.497 e. The number of hydrogen-bond acceptors (Lipinski definition) is 4. The van der Waals surface area contributed by atoms with Crippen molar-refractivity contribution >= 4 is 21.6 Å². The Morgan fingerprint density at radius 1 is 1.11 bits per heavy atom. The molecule has 0 heterocycles. The number of rotatable bonds is 8. The third-order valence-electron chi connectivity index (χ3n) is 4.09. The molecule has 27 heavy (non-hydrogen) atoms. The van der Waals surface area contributed by atoms with Gasteiger partial charge in [-0.2, -0.15) is 0 Å². The molecule has 0 fully saturated rings. The fourth-order valence-corrected chi connectivity index (χ4v) is 3.81. The number of benzene rings is 2. The van der Waals surface area contributed by atoms with Crippen LogP contribution in [0.3, 0.4) is 0 Å². The standard InChI is InChI=1S/C20H26N2O4S/c1-14(2)11-12-21-20(23)16-6-5-15(3)19(13-16)27(24,25)22-17-7-9-18(26-4)10-8-17/h5-10,13-14,22H,11-12H2,1-4H3,(H,21,23). The molecule has 0 unspecified atom stereocenters. The van der Waals surface area contributed by atoms with Crippen molar-refractivity contribution in [2.75, 3.05) is 18.4 Å². The summed E-state index contributed by atoms with van der Waals surface area (Å²) >= 11 is 0. The van der Waals surface area contributed by atoms with Gasteiger partial charge in [-0.3, -0.25) is 9.52 Å². The molecule has 0 bridgehead atoms. The van der Waals surface area contributed by atoms with Crippen molar-refractivity contribution in [3.05, 3.63) is 53.6 Å². The summed E-state index contributed by atoms with van der Waals surface area (Å²) in [4.78, 5) is 12.4. The van der Waals surface area contributed by atoms with E-state index in [1.54, 1.807) is 50.4 Å². The number of carbonyl (C=O) groups is 1. The predicted octanol–water partition coefficient (Wildman–Crippen LogP) is 3.58. The lowest BCUT2D eigenvalue weighted by Crippen LogP contribution is -2.26. The SMILES string of the molecule is COc1ccc(NS(=O)(=O)c2cc(C(=O)NCCC(C)C)ccc2C)cc1. The average Bonchev–Trinajstić information content (AvgIpc) is 2.61. The molecule has 0 aliphatic carbocycles. The Hall–Kier alpha value is -2.54. The van der Waals surface area contributed by atoms with E-state index in [2.05, 4.69) is 23.9 Å². The van der Waals surface area contributed by atoms with Crippen LogP contribution in [0, 0.1) is 12.8 Å². The third kappa shape index (κ3) is 5.72. The Labute approximate surface area is 161 Å². The Morgan fingerprint density at radius 2 is 1.78 bits per heavy atom. The molecule has 0 aliphatic rings. The predicted molar refractivity (Wildman–Crippen MR) is 107 cm³/mol. The summed E-state index contributed by atoms with van der Waals surface area (Å²) in [7, 11) is -2.28. The maximum atomic E-state index is 12.8. The van der Waals surface area contributed by atoms with Gasteiger partial charge in [0.2, 0.25) is 0 Å². The molecule has 6 nitrogen and oxygen atoms in total.